The van der Waals surface area contributed by atoms with Crippen LogP contribution in [-0.4, -0.2) is 20.4 Å². The number of fused-ring (bicyclic) bond motifs is 3. The lowest BCUT2D eigenvalue weighted by molar-refractivity contribution is 1.05. The third-order valence-electron chi connectivity index (χ3n) is 2.14. The molecule has 0 saturated heterocycles. The molecule has 0 spiro atoms. The maximum Gasteiger partial charge on any atom is 0.0952 e. The number of nitrogens with zero attached hydrogens (tertiary/aromatic N) is 3. The van der Waals surface area contributed by atoms with E-state index < -0.39 is 0 Å². The van der Waals surface area contributed by atoms with E-state index in [4.69, 9.17) is 0 Å². The molecular weight excluding hydrogens is 164 g/mol. The molecule has 0 aliphatic rings. The molecule has 3 rings (SSSR count). The predicted octanol–water partition coefficient (Wildman–Crippen LogP) is 1.51. The van der Waals surface area contributed by atoms with Gasteiger partial charge in [0.1, 0.15) is 0 Å². The molecule has 0 bridgehead atoms. The number of nitrogens with one attached hydrogen (secondary N) is 1. The van der Waals surface area contributed by atoms with Crippen LogP contribution in [0.5, 0.6) is 0 Å². The van der Waals surface area contributed by atoms with Crippen molar-refractivity contribution in [2.24, 2.45) is 0 Å². The summed E-state index contributed by atoms with van der Waals surface area (Å²) in [5, 5.41) is 17.9. The Balaban J connectivity index is 2.65. The first-order valence-electron chi connectivity index (χ1n) is 3.98. The summed E-state index contributed by atoms with van der Waals surface area (Å²) < 4.78 is 0. The van der Waals surface area contributed by atoms with E-state index in [-0.39, 0.29) is 0 Å². The third-order valence-corrected chi connectivity index (χ3v) is 2.14. The van der Waals surface area contributed by atoms with Gasteiger partial charge < -0.3 is 0 Å². The monoisotopic (exact) mass is 170 g/mol. The van der Waals surface area contributed by atoms with Crippen molar-refractivity contribution in [3.05, 3.63) is 30.7 Å². The molecule has 1 N–H and O–H groups in total. The molecule has 13 heavy (non-hydrogen) atoms. The van der Waals surface area contributed by atoms with Crippen LogP contribution < -0.4 is 0 Å². The Morgan fingerprint density at radius 3 is 3.08 bits per heavy atom. The van der Waals surface area contributed by atoms with Gasteiger partial charge in [0.05, 0.1) is 17.9 Å². The molecule has 2 heterocycles. The molecule has 3 aromatic rings. The smallest absolute Gasteiger partial charge is 0.0952 e. The maximum absolute atomic E-state index is 3.98. The maximum atomic E-state index is 3.98. The number of aromatic nitrogens is 4. The van der Waals surface area contributed by atoms with Crippen molar-refractivity contribution in [3.8, 4) is 0 Å². The SMILES string of the molecule is c1cc2nncc2c2cn[nH]cc12. The zero-order valence-electron chi connectivity index (χ0n) is 6.73. The summed E-state index contributed by atoms with van der Waals surface area (Å²) in [5.74, 6) is 0. The number of hydrogen-bond donors (Lipinski definition) is 1. The Morgan fingerprint density at radius 2 is 2.08 bits per heavy atom. The molecule has 0 fully saturated rings. The summed E-state index contributed by atoms with van der Waals surface area (Å²) in [7, 11) is 0. The zero-order valence-corrected chi connectivity index (χ0v) is 6.73. The van der Waals surface area contributed by atoms with Crippen molar-refractivity contribution >= 4 is 21.7 Å². The van der Waals surface area contributed by atoms with Crippen LogP contribution in [0.2, 0.25) is 0 Å². The first-order chi connectivity index (χ1) is 6.45. The van der Waals surface area contributed by atoms with Crippen LogP contribution in [0.25, 0.3) is 21.7 Å². The molecule has 0 radical (unpaired) electrons. The van der Waals surface area contributed by atoms with E-state index in [0.29, 0.717) is 0 Å². The molecule has 0 amide bonds. The minimum absolute atomic E-state index is 0.917. The molecule has 0 aliphatic heterocycles. The van der Waals surface area contributed by atoms with Crippen molar-refractivity contribution in [1.29, 1.82) is 0 Å². The fourth-order valence-corrected chi connectivity index (χ4v) is 1.49. The second kappa shape index (κ2) is 2.26. The zero-order chi connectivity index (χ0) is 8.67. The van der Waals surface area contributed by atoms with E-state index in [1.54, 1.807) is 12.4 Å². The van der Waals surface area contributed by atoms with E-state index in [0.717, 1.165) is 21.7 Å². The molecular formula is C9H6N4. The lowest BCUT2D eigenvalue weighted by Gasteiger charge is -1.95. The van der Waals surface area contributed by atoms with Gasteiger partial charge in [0.15, 0.2) is 0 Å². The van der Waals surface area contributed by atoms with Crippen LogP contribution in [0, 0.1) is 0 Å². The van der Waals surface area contributed by atoms with E-state index >= 15 is 0 Å². The Labute approximate surface area is 73.6 Å². The minimum atomic E-state index is 0.917. The average Bonchev–Trinajstić information content (AvgIpc) is 2.65. The second-order valence-corrected chi connectivity index (χ2v) is 2.88. The van der Waals surface area contributed by atoms with Gasteiger partial charge in [-0.2, -0.15) is 15.3 Å². The Kier molecular flexibility index (Phi) is 1.14. The number of H-pyrrole nitrogens is 1. The quantitative estimate of drug-likeness (QED) is 0.556. The van der Waals surface area contributed by atoms with Gasteiger partial charge in [-0.25, -0.2) is 0 Å². The van der Waals surface area contributed by atoms with E-state index in [1.807, 2.05) is 18.3 Å². The van der Waals surface area contributed by atoms with Crippen molar-refractivity contribution < 1.29 is 0 Å². The van der Waals surface area contributed by atoms with Gasteiger partial charge in [-0.3, -0.25) is 5.10 Å². The highest BCUT2D eigenvalue weighted by atomic mass is 15.1. The third kappa shape index (κ3) is 0.823. The lowest BCUT2D eigenvalue weighted by Crippen LogP contribution is -1.80. The normalized spacial score (nSPS) is 11.1. The molecule has 1 aromatic carbocycles. The summed E-state index contributed by atoms with van der Waals surface area (Å²) >= 11 is 0. The van der Waals surface area contributed by atoms with E-state index in [9.17, 15) is 0 Å². The Morgan fingerprint density at radius 1 is 1.08 bits per heavy atom. The van der Waals surface area contributed by atoms with Gasteiger partial charge in [-0.05, 0) is 6.07 Å². The molecule has 0 aliphatic carbocycles. The molecule has 0 unspecified atom stereocenters. The topological polar surface area (TPSA) is 54.5 Å². The fraction of sp³-hybridized carbons (Fsp3) is 0. The average molecular weight is 170 g/mol. The van der Waals surface area contributed by atoms with Gasteiger partial charge >= 0.3 is 0 Å². The Hall–Kier alpha value is -1.97. The van der Waals surface area contributed by atoms with Crippen molar-refractivity contribution in [1.82, 2.24) is 20.4 Å². The summed E-state index contributed by atoms with van der Waals surface area (Å²) in [6, 6.07) is 3.96. The number of aromatic amines is 1. The molecule has 4 nitrogen and oxygen atoms in total. The highest BCUT2D eigenvalue weighted by Gasteiger charge is 2.01. The van der Waals surface area contributed by atoms with Crippen LogP contribution in [0.3, 0.4) is 0 Å². The standard InChI is InChI=1S/C9H6N4/c1-2-9-8(5-12-13-9)7-4-11-10-3-6(1)7/h1-5,10H. The van der Waals surface area contributed by atoms with Crippen molar-refractivity contribution in [2.75, 3.05) is 0 Å². The first-order valence-corrected chi connectivity index (χ1v) is 3.98. The highest BCUT2D eigenvalue weighted by Crippen LogP contribution is 2.21. The fourth-order valence-electron chi connectivity index (χ4n) is 1.49. The largest absolute Gasteiger partial charge is 0.285 e. The van der Waals surface area contributed by atoms with Gasteiger partial charge in [-0.1, -0.05) is 6.07 Å². The number of hydrogen-bond acceptors (Lipinski definition) is 3. The van der Waals surface area contributed by atoms with E-state index in [2.05, 4.69) is 20.4 Å². The number of benzene rings is 1. The minimum Gasteiger partial charge on any atom is -0.285 e. The van der Waals surface area contributed by atoms with Gasteiger partial charge in [0.25, 0.3) is 0 Å². The van der Waals surface area contributed by atoms with Crippen LogP contribution in [0.15, 0.2) is 30.7 Å². The molecule has 4 heteroatoms. The molecule has 0 saturated carbocycles. The predicted molar refractivity (Wildman–Crippen MR) is 49.2 cm³/mol. The number of rotatable bonds is 0. The second-order valence-electron chi connectivity index (χ2n) is 2.88. The lowest BCUT2D eigenvalue weighted by atomic mass is 10.1. The van der Waals surface area contributed by atoms with Crippen molar-refractivity contribution in [3.63, 3.8) is 0 Å². The van der Waals surface area contributed by atoms with Gasteiger partial charge in [0, 0.05) is 22.4 Å². The summed E-state index contributed by atoms with van der Waals surface area (Å²) in [5.41, 5.74) is 0.917. The van der Waals surface area contributed by atoms with E-state index in [1.165, 1.54) is 0 Å². The van der Waals surface area contributed by atoms with Crippen LogP contribution in [-0.2, 0) is 0 Å². The summed E-state index contributed by atoms with van der Waals surface area (Å²) in [6.45, 7) is 0. The summed E-state index contributed by atoms with van der Waals surface area (Å²) in [6.07, 6.45) is 5.42. The molecule has 0 atom stereocenters. The Bertz CT molecular complexity index is 570. The highest BCUT2D eigenvalue weighted by molar-refractivity contribution is 6.04. The van der Waals surface area contributed by atoms with Crippen LogP contribution in [0.4, 0.5) is 0 Å². The van der Waals surface area contributed by atoms with Crippen LogP contribution >= 0.6 is 0 Å². The van der Waals surface area contributed by atoms with Gasteiger partial charge in [0.2, 0.25) is 0 Å². The van der Waals surface area contributed by atoms with Crippen LogP contribution in [0.1, 0.15) is 0 Å². The molecule has 2 aromatic heterocycles. The van der Waals surface area contributed by atoms with Crippen molar-refractivity contribution in [2.45, 2.75) is 0 Å². The summed E-state index contributed by atoms with van der Waals surface area (Å²) in [4.78, 5) is 0. The van der Waals surface area contributed by atoms with Gasteiger partial charge in [-0.15, -0.1) is 0 Å². The first kappa shape index (κ1) is 6.54. The molecule has 62 valence electrons.